The summed E-state index contributed by atoms with van der Waals surface area (Å²) in [6.45, 7) is 4.77. The molecule has 1 fully saturated rings. The predicted octanol–water partition coefficient (Wildman–Crippen LogP) is 1.77. The zero-order chi connectivity index (χ0) is 11.8. The Balaban J connectivity index is 2.15. The third-order valence-corrected chi connectivity index (χ3v) is 6.00. The topological polar surface area (TPSA) is 50.3 Å². The first-order valence-electron chi connectivity index (χ1n) is 5.40. The smallest absolute Gasteiger partial charge is 0.217 e. The lowest BCUT2D eigenvalue weighted by atomic mass is 10.2. The van der Waals surface area contributed by atoms with Crippen LogP contribution in [-0.4, -0.2) is 29.5 Å². The zero-order valence-electron chi connectivity index (χ0n) is 9.51. The van der Waals surface area contributed by atoms with E-state index in [9.17, 15) is 8.42 Å². The molecule has 6 heteroatoms. The Kier molecular flexibility index (Phi) is 3.32. The molecule has 1 aromatic rings. The molecule has 90 valence electrons. The van der Waals surface area contributed by atoms with Crippen molar-refractivity contribution in [2.24, 2.45) is 0 Å². The van der Waals surface area contributed by atoms with Crippen LogP contribution >= 0.6 is 11.3 Å². The molecule has 2 heterocycles. The van der Waals surface area contributed by atoms with Gasteiger partial charge in [0.2, 0.25) is 10.0 Å². The second-order valence-corrected chi connectivity index (χ2v) is 7.60. The average molecular weight is 260 g/mol. The second kappa shape index (κ2) is 4.43. The maximum Gasteiger partial charge on any atom is 0.217 e. The van der Waals surface area contributed by atoms with Crippen molar-refractivity contribution >= 4 is 21.4 Å². The van der Waals surface area contributed by atoms with Crippen molar-refractivity contribution in [1.82, 2.24) is 9.29 Å². The minimum absolute atomic E-state index is 0.249. The third-order valence-electron chi connectivity index (χ3n) is 2.89. The number of thiazole rings is 1. The number of aryl methyl sites for hydroxylation is 1. The van der Waals surface area contributed by atoms with E-state index < -0.39 is 10.0 Å². The van der Waals surface area contributed by atoms with E-state index >= 15 is 0 Å². The number of aromatic nitrogens is 1. The second-order valence-electron chi connectivity index (χ2n) is 4.19. The lowest BCUT2D eigenvalue weighted by Gasteiger charge is -2.29. The fourth-order valence-electron chi connectivity index (χ4n) is 1.92. The maximum atomic E-state index is 12.0. The van der Waals surface area contributed by atoms with Crippen molar-refractivity contribution in [2.75, 3.05) is 6.54 Å². The van der Waals surface area contributed by atoms with Crippen LogP contribution in [0.5, 0.6) is 0 Å². The molecule has 2 rings (SSSR count). The monoisotopic (exact) mass is 260 g/mol. The molecule has 1 aliphatic rings. The molecule has 0 saturated carbocycles. The van der Waals surface area contributed by atoms with Crippen molar-refractivity contribution in [2.45, 2.75) is 38.5 Å². The molecular weight excluding hydrogens is 244 g/mol. The lowest BCUT2D eigenvalue weighted by Crippen LogP contribution is -2.41. The van der Waals surface area contributed by atoms with Gasteiger partial charge in [0.25, 0.3) is 0 Å². The van der Waals surface area contributed by atoms with Crippen LogP contribution in [0.15, 0.2) is 5.38 Å². The first-order chi connectivity index (χ1) is 7.50. The van der Waals surface area contributed by atoms with Crippen LogP contribution in [-0.2, 0) is 16.6 Å². The van der Waals surface area contributed by atoms with E-state index in [2.05, 4.69) is 4.98 Å². The van der Waals surface area contributed by atoms with Gasteiger partial charge in [-0.3, -0.25) is 0 Å². The molecule has 0 spiro atoms. The van der Waals surface area contributed by atoms with Gasteiger partial charge in [-0.25, -0.2) is 13.4 Å². The van der Waals surface area contributed by atoms with Crippen LogP contribution in [0.4, 0.5) is 0 Å². The molecule has 4 nitrogen and oxygen atoms in total. The zero-order valence-corrected chi connectivity index (χ0v) is 11.1. The molecule has 1 atom stereocenters. The molecular formula is C10H16N2O2S2. The SMILES string of the molecule is Cc1nc(CN2CCCC(C)S2(=O)=O)cs1. The third kappa shape index (κ3) is 2.28. The van der Waals surface area contributed by atoms with Gasteiger partial charge in [-0.2, -0.15) is 4.31 Å². The molecule has 16 heavy (non-hydrogen) atoms. The Morgan fingerprint density at radius 2 is 2.38 bits per heavy atom. The van der Waals surface area contributed by atoms with Crippen LogP contribution in [0.1, 0.15) is 30.5 Å². The van der Waals surface area contributed by atoms with E-state index in [1.807, 2.05) is 12.3 Å². The summed E-state index contributed by atoms with van der Waals surface area (Å²) in [6.07, 6.45) is 1.72. The molecule has 0 amide bonds. The first-order valence-corrected chi connectivity index (χ1v) is 7.78. The molecule has 0 radical (unpaired) electrons. The van der Waals surface area contributed by atoms with Gasteiger partial charge in [0.05, 0.1) is 22.5 Å². The summed E-state index contributed by atoms with van der Waals surface area (Å²) in [5, 5.41) is 2.67. The van der Waals surface area contributed by atoms with E-state index in [4.69, 9.17) is 0 Å². The van der Waals surface area contributed by atoms with E-state index in [-0.39, 0.29) is 5.25 Å². The summed E-state index contributed by atoms with van der Waals surface area (Å²) >= 11 is 1.56. The van der Waals surface area contributed by atoms with E-state index in [1.54, 1.807) is 22.6 Å². The Hall–Kier alpha value is -0.460. The van der Waals surface area contributed by atoms with Gasteiger partial charge in [-0.1, -0.05) is 0 Å². The number of nitrogens with zero attached hydrogens (tertiary/aromatic N) is 2. The Labute approximate surface area is 100 Å². The highest BCUT2D eigenvalue weighted by Crippen LogP contribution is 2.23. The number of sulfonamides is 1. The van der Waals surface area contributed by atoms with Gasteiger partial charge in [0, 0.05) is 11.9 Å². The number of hydrogen-bond acceptors (Lipinski definition) is 4. The highest BCUT2D eigenvalue weighted by molar-refractivity contribution is 7.89. The molecule has 0 aromatic carbocycles. The standard InChI is InChI=1S/C10H16N2O2S2/c1-8-4-3-5-12(16(8,13)14)6-10-7-15-9(2)11-10/h7-8H,3-6H2,1-2H3. The molecule has 1 aromatic heterocycles. The lowest BCUT2D eigenvalue weighted by molar-refractivity contribution is 0.359. The summed E-state index contributed by atoms with van der Waals surface area (Å²) in [7, 11) is -3.09. The van der Waals surface area contributed by atoms with Crippen LogP contribution in [0, 0.1) is 6.92 Å². The van der Waals surface area contributed by atoms with Gasteiger partial charge in [-0.05, 0) is 26.7 Å². The first kappa shape index (κ1) is 12.0. The van der Waals surface area contributed by atoms with Gasteiger partial charge in [-0.15, -0.1) is 11.3 Å². The van der Waals surface area contributed by atoms with Crippen molar-refractivity contribution in [3.8, 4) is 0 Å². The van der Waals surface area contributed by atoms with E-state index in [1.165, 1.54) is 0 Å². The molecule has 1 saturated heterocycles. The van der Waals surface area contributed by atoms with Crippen molar-refractivity contribution in [1.29, 1.82) is 0 Å². The molecule has 0 aliphatic carbocycles. The van der Waals surface area contributed by atoms with Crippen LogP contribution in [0.2, 0.25) is 0 Å². The van der Waals surface area contributed by atoms with Crippen molar-refractivity contribution < 1.29 is 8.42 Å². The largest absolute Gasteiger partial charge is 0.245 e. The van der Waals surface area contributed by atoms with Crippen molar-refractivity contribution in [3.05, 3.63) is 16.1 Å². The van der Waals surface area contributed by atoms with Crippen molar-refractivity contribution in [3.63, 3.8) is 0 Å². The Morgan fingerprint density at radius 1 is 1.62 bits per heavy atom. The van der Waals surface area contributed by atoms with Crippen LogP contribution in [0.3, 0.4) is 0 Å². The summed E-state index contributed by atoms with van der Waals surface area (Å²) in [5.74, 6) is 0. The molecule has 0 bridgehead atoms. The molecule has 1 aliphatic heterocycles. The van der Waals surface area contributed by atoms with Gasteiger partial charge < -0.3 is 0 Å². The molecule has 1 unspecified atom stereocenters. The summed E-state index contributed by atoms with van der Waals surface area (Å²) < 4.78 is 25.6. The summed E-state index contributed by atoms with van der Waals surface area (Å²) in [4.78, 5) is 4.31. The average Bonchev–Trinajstić information content (AvgIpc) is 2.60. The highest BCUT2D eigenvalue weighted by Gasteiger charge is 2.32. The predicted molar refractivity (Wildman–Crippen MR) is 64.9 cm³/mol. The van der Waals surface area contributed by atoms with Crippen LogP contribution in [0.25, 0.3) is 0 Å². The Morgan fingerprint density at radius 3 is 3.00 bits per heavy atom. The number of hydrogen-bond donors (Lipinski definition) is 0. The molecule has 0 N–H and O–H groups in total. The quantitative estimate of drug-likeness (QED) is 0.814. The van der Waals surface area contributed by atoms with Crippen LogP contribution < -0.4 is 0 Å². The summed E-state index contributed by atoms with van der Waals surface area (Å²) in [5.41, 5.74) is 0.861. The minimum Gasteiger partial charge on any atom is -0.245 e. The van der Waals surface area contributed by atoms with Gasteiger partial charge in [0.1, 0.15) is 0 Å². The maximum absolute atomic E-state index is 12.0. The van der Waals surface area contributed by atoms with Gasteiger partial charge in [0.15, 0.2) is 0 Å². The van der Waals surface area contributed by atoms with E-state index in [0.717, 1.165) is 23.5 Å². The Bertz CT molecular complexity index is 467. The number of rotatable bonds is 2. The normalized spacial score (nSPS) is 25.8. The van der Waals surface area contributed by atoms with E-state index in [0.29, 0.717) is 13.1 Å². The minimum atomic E-state index is -3.09. The summed E-state index contributed by atoms with van der Waals surface area (Å²) in [6, 6.07) is 0. The fourth-order valence-corrected chi connectivity index (χ4v) is 4.19. The fraction of sp³-hybridized carbons (Fsp3) is 0.700. The van der Waals surface area contributed by atoms with Gasteiger partial charge >= 0.3 is 0 Å². The highest BCUT2D eigenvalue weighted by atomic mass is 32.2.